The van der Waals surface area contributed by atoms with E-state index in [0.717, 1.165) is 57.8 Å². The third-order valence-corrected chi connectivity index (χ3v) is 15.4. The summed E-state index contributed by atoms with van der Waals surface area (Å²) >= 11 is 0. The van der Waals surface area contributed by atoms with Crippen molar-refractivity contribution in [2.45, 2.75) is 202 Å². The fraction of sp³-hybridized carbons (Fsp3) is 1.00. The van der Waals surface area contributed by atoms with Gasteiger partial charge in [-0.2, -0.15) is 92.2 Å². The SMILES string of the molecule is CCCCCCCC[P+](CCCCCCCC)(CCCCCCCC)CCC(F)(F)C(F)(F)C(F)(F)C(F)(F)C(F)(F)C(F)(F)C(F)(F)C(F)(F)C(F)(F)C(F)(F)F. The quantitative estimate of drug-likeness (QED) is 0.0358. The van der Waals surface area contributed by atoms with E-state index in [0.29, 0.717) is 57.8 Å². The van der Waals surface area contributed by atoms with Gasteiger partial charge in [0.15, 0.2) is 0 Å². The number of alkyl halides is 21. The standard InChI is InChI=1S/C36H55F21P/c1-4-7-10-13-16-19-23-58(24-20-17-14-11-8-5-2,25-21-18-15-12-9-6-3)26-22-27(37,38)28(39,40)29(41,42)30(43,44)31(45,46)32(47,48)33(49,50)34(51,52)35(53,54)36(55,56)57/h4-26H2,1-3H3/q+1. The van der Waals surface area contributed by atoms with Crippen molar-refractivity contribution in [1.82, 2.24) is 0 Å². The molecule has 0 N–H and O–H groups in total. The number of halogens is 21. The van der Waals surface area contributed by atoms with Gasteiger partial charge in [-0.15, -0.1) is 0 Å². The van der Waals surface area contributed by atoms with Crippen LogP contribution in [0.15, 0.2) is 0 Å². The summed E-state index contributed by atoms with van der Waals surface area (Å²) in [6.07, 6.45) is 1.12. The summed E-state index contributed by atoms with van der Waals surface area (Å²) in [6, 6.07) is 0. The molecule has 0 aromatic carbocycles. The van der Waals surface area contributed by atoms with Crippen molar-refractivity contribution in [1.29, 1.82) is 0 Å². The molecule has 350 valence electrons. The molecule has 0 atom stereocenters. The van der Waals surface area contributed by atoms with Gasteiger partial charge < -0.3 is 0 Å². The van der Waals surface area contributed by atoms with Crippen LogP contribution < -0.4 is 0 Å². The van der Waals surface area contributed by atoms with Gasteiger partial charge in [0.2, 0.25) is 0 Å². The first-order valence-electron chi connectivity index (χ1n) is 19.5. The number of hydrogen-bond donors (Lipinski definition) is 0. The van der Waals surface area contributed by atoms with Crippen molar-refractivity contribution in [3.05, 3.63) is 0 Å². The van der Waals surface area contributed by atoms with Gasteiger partial charge in [-0.25, -0.2) is 0 Å². The molecule has 0 unspecified atom stereocenters. The van der Waals surface area contributed by atoms with Gasteiger partial charge in [-0.3, -0.25) is 0 Å². The topological polar surface area (TPSA) is 0 Å². The highest BCUT2D eigenvalue weighted by Crippen LogP contribution is 2.68. The summed E-state index contributed by atoms with van der Waals surface area (Å²) in [6.45, 7) is 5.77. The smallest absolute Gasteiger partial charge is 0.199 e. The van der Waals surface area contributed by atoms with Crippen LogP contribution in [0.5, 0.6) is 0 Å². The van der Waals surface area contributed by atoms with Crippen LogP contribution >= 0.6 is 7.26 Å². The molecule has 0 aromatic heterocycles. The highest BCUT2D eigenvalue weighted by atomic mass is 31.2. The Hall–Kier alpha value is -1.04. The predicted octanol–water partition coefficient (Wildman–Crippen LogP) is 16.8. The van der Waals surface area contributed by atoms with Crippen LogP contribution in [0.1, 0.15) is 143 Å². The molecule has 58 heavy (non-hydrogen) atoms. The summed E-state index contributed by atoms with van der Waals surface area (Å²) in [5.41, 5.74) is 0. The van der Waals surface area contributed by atoms with E-state index in [-0.39, 0.29) is 18.5 Å². The van der Waals surface area contributed by atoms with Crippen molar-refractivity contribution >= 4 is 7.26 Å². The average Bonchev–Trinajstić information content (AvgIpc) is 3.10. The normalized spacial score (nSPS) is 15.1. The Morgan fingerprint density at radius 3 is 0.741 bits per heavy atom. The summed E-state index contributed by atoms with van der Waals surface area (Å²) in [5.74, 6) is -76.5. The first kappa shape index (κ1) is 57.0. The van der Waals surface area contributed by atoms with E-state index in [1.165, 1.54) is 0 Å². The predicted molar refractivity (Wildman–Crippen MR) is 182 cm³/mol. The van der Waals surface area contributed by atoms with Crippen LogP contribution in [0.4, 0.5) is 92.2 Å². The van der Waals surface area contributed by atoms with E-state index < -0.39 is 79.3 Å². The molecule has 0 radical (unpaired) electrons. The molecule has 0 saturated heterocycles. The first-order chi connectivity index (χ1) is 26.1. The molecule has 0 heterocycles. The molecule has 0 aliphatic carbocycles. The second kappa shape index (κ2) is 21.8. The van der Waals surface area contributed by atoms with E-state index >= 15 is 8.78 Å². The van der Waals surface area contributed by atoms with Gasteiger partial charge in [0.25, 0.3) is 0 Å². The maximum absolute atomic E-state index is 15.3. The van der Waals surface area contributed by atoms with Crippen LogP contribution in [-0.4, -0.2) is 84.1 Å². The summed E-state index contributed by atoms with van der Waals surface area (Å²) in [7, 11) is -2.91. The molecule has 0 aliphatic heterocycles. The van der Waals surface area contributed by atoms with Crippen LogP contribution in [0.3, 0.4) is 0 Å². The lowest BCUT2D eigenvalue weighted by molar-refractivity contribution is -0.474. The molecule has 0 aliphatic rings. The Morgan fingerprint density at radius 1 is 0.259 bits per heavy atom. The lowest BCUT2D eigenvalue weighted by Gasteiger charge is -2.44. The maximum atomic E-state index is 15.3. The van der Waals surface area contributed by atoms with E-state index in [1.54, 1.807) is 0 Å². The zero-order chi connectivity index (χ0) is 45.8. The summed E-state index contributed by atoms with van der Waals surface area (Å²) in [4.78, 5) is 0. The monoisotopic (exact) mass is 917 g/mol. The van der Waals surface area contributed by atoms with Crippen LogP contribution in [-0.2, 0) is 0 Å². The molecule has 0 fully saturated rings. The minimum absolute atomic E-state index is 0.146. The third kappa shape index (κ3) is 12.3. The van der Waals surface area contributed by atoms with Crippen LogP contribution in [0, 0.1) is 0 Å². The van der Waals surface area contributed by atoms with Gasteiger partial charge in [-0.1, -0.05) is 97.8 Å². The number of hydrogen-bond acceptors (Lipinski definition) is 0. The number of unbranched alkanes of at least 4 members (excludes halogenated alkanes) is 15. The zero-order valence-corrected chi connectivity index (χ0v) is 33.5. The minimum Gasteiger partial charge on any atom is -0.199 e. The summed E-state index contributed by atoms with van der Waals surface area (Å²) in [5, 5.41) is 0. The first-order valence-corrected chi connectivity index (χ1v) is 22.0. The van der Waals surface area contributed by atoms with Crippen molar-refractivity contribution in [3.63, 3.8) is 0 Å². The largest absolute Gasteiger partial charge is 0.460 e. The molecular formula is C36H55F21P+. The Kier molecular flexibility index (Phi) is 21.5. The minimum atomic E-state index is -9.15. The molecule has 22 heteroatoms. The lowest BCUT2D eigenvalue weighted by Crippen LogP contribution is -2.76. The van der Waals surface area contributed by atoms with Gasteiger partial charge in [0, 0.05) is 7.26 Å². The van der Waals surface area contributed by atoms with Crippen LogP contribution in [0.25, 0.3) is 0 Å². The Labute approximate surface area is 326 Å². The van der Waals surface area contributed by atoms with Crippen molar-refractivity contribution in [2.75, 3.05) is 24.6 Å². The van der Waals surface area contributed by atoms with Gasteiger partial charge in [-0.05, 0) is 38.5 Å². The molecule has 0 bridgehead atoms. The molecule has 0 aromatic rings. The van der Waals surface area contributed by atoms with E-state index in [4.69, 9.17) is 0 Å². The zero-order valence-electron chi connectivity index (χ0n) is 32.6. The fourth-order valence-electron chi connectivity index (χ4n) is 6.48. The van der Waals surface area contributed by atoms with E-state index in [2.05, 4.69) is 0 Å². The van der Waals surface area contributed by atoms with E-state index in [1.807, 2.05) is 20.8 Å². The third-order valence-electron chi connectivity index (χ3n) is 10.4. The molecule has 0 saturated carbocycles. The van der Waals surface area contributed by atoms with Crippen molar-refractivity contribution in [2.24, 2.45) is 0 Å². The second-order valence-corrected chi connectivity index (χ2v) is 19.6. The highest BCUT2D eigenvalue weighted by molar-refractivity contribution is 7.75. The van der Waals surface area contributed by atoms with Gasteiger partial charge >= 0.3 is 59.5 Å². The molecule has 0 nitrogen and oxygen atoms in total. The Morgan fingerprint density at radius 2 is 0.483 bits per heavy atom. The fourth-order valence-corrected chi connectivity index (χ4v) is 11.3. The summed E-state index contributed by atoms with van der Waals surface area (Å²) < 4.78 is 294. The molecular weight excluding hydrogens is 862 g/mol. The van der Waals surface area contributed by atoms with E-state index in [9.17, 15) is 83.4 Å². The van der Waals surface area contributed by atoms with Gasteiger partial charge in [0.1, 0.15) is 0 Å². The molecule has 0 amide bonds. The highest BCUT2D eigenvalue weighted by Gasteiger charge is 2.97. The average molecular weight is 918 g/mol. The second-order valence-electron chi connectivity index (χ2n) is 15.1. The van der Waals surface area contributed by atoms with Gasteiger partial charge in [0.05, 0.1) is 31.1 Å². The van der Waals surface area contributed by atoms with Crippen molar-refractivity contribution < 1.29 is 92.2 Å². The number of rotatable bonds is 32. The Bertz CT molecular complexity index is 1130. The Balaban J connectivity index is 6.93. The molecule has 0 rings (SSSR count). The maximum Gasteiger partial charge on any atom is 0.460 e. The molecule has 0 spiro atoms. The van der Waals surface area contributed by atoms with Crippen molar-refractivity contribution in [3.8, 4) is 0 Å². The van der Waals surface area contributed by atoms with Crippen LogP contribution in [0.2, 0.25) is 0 Å². The lowest BCUT2D eigenvalue weighted by atomic mass is 9.86.